The number of amides is 1. The first kappa shape index (κ1) is 52.7. The van der Waals surface area contributed by atoms with Gasteiger partial charge in [0.05, 0.1) is 13.2 Å². The van der Waals surface area contributed by atoms with Crippen LogP contribution in [0.4, 0.5) is 0 Å². The van der Waals surface area contributed by atoms with E-state index in [9.17, 15) is 34.1 Å². The summed E-state index contributed by atoms with van der Waals surface area (Å²) in [6.07, 6.45) is 40.3. The molecule has 0 aromatic rings. The summed E-state index contributed by atoms with van der Waals surface area (Å²) in [5.74, 6) is -2.40. The highest BCUT2D eigenvalue weighted by Gasteiger charge is 2.28. The van der Waals surface area contributed by atoms with Crippen LogP contribution in [0, 0.1) is 0 Å². The summed E-state index contributed by atoms with van der Waals surface area (Å²) in [7, 11) is -4.76. The second kappa shape index (κ2) is 38.6. The number of ether oxygens (including phenoxy) is 1. The number of carbonyl (C=O) groups is 3. The third-order valence-electron chi connectivity index (χ3n) is 9.13. The van der Waals surface area contributed by atoms with Gasteiger partial charge in [0.15, 0.2) is 6.04 Å². The second-order valence-electron chi connectivity index (χ2n) is 14.5. The SMILES string of the molecule is CCC/C=C\C/C=C\CCCCCCCC(=O)NC(COP(=O)(O)OCC(O)COC(=O)CCCCCCCCC/C=C\CCCCCCCCC)C(=O)O. The molecular formula is C43H78NO10P. The maximum atomic E-state index is 12.3. The molecule has 320 valence electrons. The van der Waals surface area contributed by atoms with Crippen molar-refractivity contribution in [2.24, 2.45) is 0 Å². The highest BCUT2D eigenvalue weighted by atomic mass is 31.2. The smallest absolute Gasteiger partial charge is 0.472 e. The number of allylic oxidation sites excluding steroid dienone is 6. The molecule has 0 aliphatic carbocycles. The number of rotatable bonds is 40. The lowest BCUT2D eigenvalue weighted by atomic mass is 10.1. The largest absolute Gasteiger partial charge is 0.480 e. The van der Waals surface area contributed by atoms with E-state index in [0.717, 1.165) is 77.0 Å². The molecule has 0 spiro atoms. The van der Waals surface area contributed by atoms with E-state index < -0.39 is 57.6 Å². The number of aliphatic carboxylic acids is 1. The summed E-state index contributed by atoms with van der Waals surface area (Å²) in [6, 6.07) is -1.55. The normalized spacial score (nSPS) is 14.1. The Bertz CT molecular complexity index is 1080. The number of carboxylic acid groups (broad SMARTS) is 1. The zero-order valence-electron chi connectivity index (χ0n) is 34.5. The van der Waals surface area contributed by atoms with Crippen LogP contribution in [-0.4, -0.2) is 64.9 Å². The minimum atomic E-state index is -4.76. The zero-order chi connectivity index (χ0) is 40.7. The maximum Gasteiger partial charge on any atom is 0.472 e. The Kier molecular flexibility index (Phi) is 37.0. The summed E-state index contributed by atoms with van der Waals surface area (Å²) < 4.78 is 26.8. The topological polar surface area (TPSA) is 169 Å². The first-order chi connectivity index (χ1) is 26.6. The Morgan fingerprint density at radius 1 is 0.582 bits per heavy atom. The number of esters is 1. The van der Waals surface area contributed by atoms with Gasteiger partial charge in [-0.1, -0.05) is 147 Å². The third kappa shape index (κ3) is 38.4. The fraction of sp³-hybridized carbons (Fsp3) is 0.791. The second-order valence-corrected chi connectivity index (χ2v) is 16.0. The lowest BCUT2D eigenvalue weighted by Crippen LogP contribution is -2.43. The Labute approximate surface area is 333 Å². The molecule has 11 nitrogen and oxygen atoms in total. The third-order valence-corrected chi connectivity index (χ3v) is 10.1. The summed E-state index contributed by atoms with van der Waals surface area (Å²) in [5.41, 5.74) is 0. The van der Waals surface area contributed by atoms with Gasteiger partial charge in [0.2, 0.25) is 5.91 Å². The summed E-state index contributed by atoms with van der Waals surface area (Å²) in [5, 5.41) is 21.8. The average Bonchev–Trinajstić information content (AvgIpc) is 3.16. The minimum absolute atomic E-state index is 0.129. The molecule has 0 aliphatic rings. The van der Waals surface area contributed by atoms with Crippen molar-refractivity contribution in [1.82, 2.24) is 5.32 Å². The number of nitrogens with one attached hydrogen (secondary N) is 1. The summed E-state index contributed by atoms with van der Waals surface area (Å²) >= 11 is 0. The maximum absolute atomic E-state index is 12.3. The molecule has 0 saturated heterocycles. The number of aliphatic hydroxyl groups is 1. The van der Waals surface area contributed by atoms with Crippen LogP contribution in [0.25, 0.3) is 0 Å². The van der Waals surface area contributed by atoms with E-state index in [-0.39, 0.29) is 12.8 Å². The van der Waals surface area contributed by atoms with Gasteiger partial charge >= 0.3 is 19.8 Å². The van der Waals surface area contributed by atoms with Gasteiger partial charge in [-0.25, -0.2) is 9.36 Å². The van der Waals surface area contributed by atoms with Crippen molar-refractivity contribution in [3.8, 4) is 0 Å². The van der Waals surface area contributed by atoms with E-state index in [1.807, 2.05) is 0 Å². The number of aliphatic hydroxyl groups excluding tert-OH is 1. The number of phosphoric acid groups is 1. The molecule has 0 rings (SSSR count). The molecule has 0 aliphatic heterocycles. The van der Waals surface area contributed by atoms with E-state index in [1.165, 1.54) is 70.6 Å². The summed E-state index contributed by atoms with van der Waals surface area (Å²) in [6.45, 7) is 2.50. The molecular weight excluding hydrogens is 721 g/mol. The molecule has 0 radical (unpaired) electrons. The van der Waals surface area contributed by atoms with Crippen LogP contribution in [0.5, 0.6) is 0 Å². The van der Waals surface area contributed by atoms with Crippen LogP contribution >= 0.6 is 7.82 Å². The molecule has 0 aromatic carbocycles. The number of hydrogen-bond donors (Lipinski definition) is 4. The van der Waals surface area contributed by atoms with Crippen molar-refractivity contribution in [3.63, 3.8) is 0 Å². The molecule has 1 amide bonds. The molecule has 0 aromatic heterocycles. The predicted octanol–water partition coefficient (Wildman–Crippen LogP) is 10.8. The fourth-order valence-corrected chi connectivity index (χ4v) is 6.53. The van der Waals surface area contributed by atoms with E-state index in [0.29, 0.717) is 12.8 Å². The monoisotopic (exact) mass is 800 g/mol. The molecule has 55 heavy (non-hydrogen) atoms. The Hall–Kier alpha value is -2.30. The van der Waals surface area contributed by atoms with Crippen molar-refractivity contribution in [3.05, 3.63) is 36.5 Å². The number of hydrogen-bond acceptors (Lipinski definition) is 8. The van der Waals surface area contributed by atoms with Crippen molar-refractivity contribution >= 4 is 25.7 Å². The van der Waals surface area contributed by atoms with Crippen molar-refractivity contribution in [2.45, 2.75) is 199 Å². The number of carbonyl (C=O) groups excluding carboxylic acids is 2. The van der Waals surface area contributed by atoms with Crippen molar-refractivity contribution in [1.29, 1.82) is 0 Å². The summed E-state index contributed by atoms with van der Waals surface area (Å²) in [4.78, 5) is 45.8. The predicted molar refractivity (Wildman–Crippen MR) is 222 cm³/mol. The van der Waals surface area contributed by atoms with Gasteiger partial charge in [-0.15, -0.1) is 0 Å². The van der Waals surface area contributed by atoms with Crippen LogP contribution in [0.15, 0.2) is 36.5 Å². The molecule has 4 N–H and O–H groups in total. The lowest BCUT2D eigenvalue weighted by Gasteiger charge is -2.18. The van der Waals surface area contributed by atoms with Gasteiger partial charge in [0.25, 0.3) is 0 Å². The van der Waals surface area contributed by atoms with Crippen LogP contribution in [0.2, 0.25) is 0 Å². The van der Waals surface area contributed by atoms with Crippen LogP contribution in [-0.2, 0) is 32.7 Å². The highest BCUT2D eigenvalue weighted by molar-refractivity contribution is 7.47. The van der Waals surface area contributed by atoms with Crippen molar-refractivity contribution in [2.75, 3.05) is 19.8 Å². The molecule has 0 saturated carbocycles. The molecule has 12 heteroatoms. The van der Waals surface area contributed by atoms with Crippen LogP contribution in [0.3, 0.4) is 0 Å². The average molecular weight is 800 g/mol. The number of carboxylic acids is 1. The Morgan fingerprint density at radius 3 is 1.56 bits per heavy atom. The first-order valence-electron chi connectivity index (χ1n) is 21.5. The lowest BCUT2D eigenvalue weighted by molar-refractivity contribution is -0.147. The standard InChI is InChI=1S/C43H78NO10P/c1-3-5-7-9-11-13-15-17-18-19-20-21-23-25-27-29-31-33-35-42(47)52-36-39(45)37-53-55(50,51)54-38-40(43(48)49)44-41(46)34-32-30-28-26-24-22-16-14-12-10-8-6-4-2/h8,10,14,16,18-19,39-40,45H,3-7,9,11-13,15,17,20-38H2,1-2H3,(H,44,46)(H,48,49)(H,50,51)/b10-8-,16-14-,19-18-. The number of phosphoric ester groups is 1. The molecule has 3 unspecified atom stereocenters. The fourth-order valence-electron chi connectivity index (χ4n) is 5.76. The van der Waals surface area contributed by atoms with Gasteiger partial charge < -0.3 is 25.2 Å². The van der Waals surface area contributed by atoms with E-state index in [2.05, 4.69) is 55.6 Å². The molecule has 3 atom stereocenters. The quantitative estimate of drug-likeness (QED) is 0.0202. The van der Waals surface area contributed by atoms with Gasteiger partial charge in [-0.05, 0) is 64.2 Å². The molecule has 0 bridgehead atoms. The van der Waals surface area contributed by atoms with E-state index >= 15 is 0 Å². The van der Waals surface area contributed by atoms with Gasteiger partial charge in [-0.3, -0.25) is 18.6 Å². The van der Waals surface area contributed by atoms with Crippen LogP contribution in [0.1, 0.15) is 187 Å². The minimum Gasteiger partial charge on any atom is -0.480 e. The van der Waals surface area contributed by atoms with E-state index in [1.54, 1.807) is 0 Å². The Morgan fingerprint density at radius 2 is 1.04 bits per heavy atom. The van der Waals surface area contributed by atoms with Gasteiger partial charge in [0.1, 0.15) is 12.7 Å². The zero-order valence-corrected chi connectivity index (χ0v) is 35.4. The van der Waals surface area contributed by atoms with E-state index in [4.69, 9.17) is 13.8 Å². The van der Waals surface area contributed by atoms with Gasteiger partial charge in [-0.2, -0.15) is 0 Å². The molecule has 0 fully saturated rings. The first-order valence-corrected chi connectivity index (χ1v) is 23.0. The molecule has 0 heterocycles. The Balaban J connectivity index is 3.90. The van der Waals surface area contributed by atoms with Gasteiger partial charge in [0, 0.05) is 12.8 Å². The number of unbranched alkanes of at least 4 members (excludes halogenated alkanes) is 20. The van der Waals surface area contributed by atoms with Crippen molar-refractivity contribution < 1.29 is 47.8 Å². The van der Waals surface area contributed by atoms with Crippen LogP contribution < -0.4 is 5.32 Å². The highest BCUT2D eigenvalue weighted by Crippen LogP contribution is 2.43.